The first-order valence-corrected chi connectivity index (χ1v) is 11.3. The van der Waals surface area contributed by atoms with Crippen LogP contribution >= 0.6 is 0 Å². The highest BCUT2D eigenvalue weighted by Gasteiger charge is 2.43. The first-order chi connectivity index (χ1) is 15.0. The van der Waals surface area contributed by atoms with Gasteiger partial charge in [0.15, 0.2) is 5.69 Å². The van der Waals surface area contributed by atoms with Gasteiger partial charge >= 0.3 is 0 Å². The lowest BCUT2D eigenvalue weighted by Gasteiger charge is -2.44. The van der Waals surface area contributed by atoms with Gasteiger partial charge in [-0.25, -0.2) is 0 Å². The third kappa shape index (κ3) is 3.65. The minimum Gasteiger partial charge on any atom is -0.370 e. The van der Waals surface area contributed by atoms with E-state index in [0.717, 1.165) is 67.6 Å². The first kappa shape index (κ1) is 20.2. The van der Waals surface area contributed by atoms with Crippen LogP contribution in [0.4, 0.5) is 0 Å². The average molecular weight is 423 g/mol. The van der Waals surface area contributed by atoms with Crippen molar-refractivity contribution in [1.82, 2.24) is 19.6 Å². The molecule has 0 atom stereocenters. The molecule has 3 aliphatic heterocycles. The first-order valence-electron chi connectivity index (χ1n) is 11.3. The number of amides is 2. The maximum atomic E-state index is 12.9. The van der Waals surface area contributed by atoms with Gasteiger partial charge in [-0.2, -0.15) is 5.10 Å². The summed E-state index contributed by atoms with van der Waals surface area (Å²) in [6, 6.07) is 7.78. The monoisotopic (exact) mass is 422 g/mol. The minimum absolute atomic E-state index is 0.0347. The molecule has 7 nitrogen and oxygen atoms in total. The van der Waals surface area contributed by atoms with Crippen molar-refractivity contribution in [3.63, 3.8) is 0 Å². The van der Waals surface area contributed by atoms with Gasteiger partial charge in [-0.1, -0.05) is 17.7 Å². The van der Waals surface area contributed by atoms with Crippen molar-refractivity contribution in [2.24, 2.45) is 7.05 Å². The predicted octanol–water partition coefficient (Wildman–Crippen LogP) is 2.71. The van der Waals surface area contributed by atoms with Gasteiger partial charge in [0.2, 0.25) is 0 Å². The molecule has 0 unspecified atom stereocenters. The number of benzene rings is 1. The van der Waals surface area contributed by atoms with Gasteiger partial charge in [-0.05, 0) is 44.7 Å². The van der Waals surface area contributed by atoms with E-state index in [-0.39, 0.29) is 17.4 Å². The Balaban J connectivity index is 1.29. The number of likely N-dealkylation sites (tertiary alicyclic amines) is 2. The Morgan fingerprint density at radius 1 is 1.03 bits per heavy atom. The topological polar surface area (TPSA) is 67.7 Å². The number of carbonyl (C=O) groups is 2. The van der Waals surface area contributed by atoms with E-state index in [0.29, 0.717) is 25.4 Å². The molecule has 2 amide bonds. The number of aryl methyl sites for hydroxylation is 2. The van der Waals surface area contributed by atoms with Gasteiger partial charge in [0.05, 0.1) is 12.2 Å². The van der Waals surface area contributed by atoms with Crippen molar-refractivity contribution in [2.75, 3.05) is 26.2 Å². The molecular weight excluding hydrogens is 392 g/mol. The third-order valence-corrected chi connectivity index (χ3v) is 7.11. The fourth-order valence-corrected chi connectivity index (χ4v) is 5.20. The van der Waals surface area contributed by atoms with Gasteiger partial charge < -0.3 is 14.5 Å². The van der Waals surface area contributed by atoms with Crippen LogP contribution in [0.5, 0.6) is 0 Å². The summed E-state index contributed by atoms with van der Waals surface area (Å²) in [5.74, 6) is 0.126. The van der Waals surface area contributed by atoms with Gasteiger partial charge in [0.25, 0.3) is 11.8 Å². The number of carbonyl (C=O) groups excluding carboxylic acids is 2. The Kier molecular flexibility index (Phi) is 5.08. The summed E-state index contributed by atoms with van der Waals surface area (Å²) in [5.41, 5.74) is 4.17. The van der Waals surface area contributed by atoms with Crippen molar-refractivity contribution in [3.8, 4) is 0 Å². The number of hydrogen-bond donors (Lipinski definition) is 0. The van der Waals surface area contributed by atoms with Crippen LogP contribution < -0.4 is 0 Å². The molecule has 1 aromatic carbocycles. The molecular formula is C24H30N4O3. The summed E-state index contributed by atoms with van der Waals surface area (Å²) < 4.78 is 8.26. The van der Waals surface area contributed by atoms with Crippen LogP contribution in [-0.2, 0) is 24.8 Å². The molecule has 31 heavy (non-hydrogen) atoms. The van der Waals surface area contributed by atoms with Gasteiger partial charge in [-0.15, -0.1) is 0 Å². The normalized spacial score (nSPS) is 20.2. The zero-order valence-corrected chi connectivity index (χ0v) is 18.4. The average Bonchev–Trinajstić information content (AvgIpc) is 3.42. The van der Waals surface area contributed by atoms with Crippen molar-refractivity contribution in [3.05, 3.63) is 52.3 Å². The molecule has 0 N–H and O–H groups in total. The van der Waals surface area contributed by atoms with Crippen LogP contribution in [0.1, 0.15) is 63.4 Å². The summed E-state index contributed by atoms with van der Waals surface area (Å²) in [4.78, 5) is 29.7. The van der Waals surface area contributed by atoms with Gasteiger partial charge in [0.1, 0.15) is 0 Å². The van der Waals surface area contributed by atoms with Crippen molar-refractivity contribution in [1.29, 1.82) is 0 Å². The fraction of sp³-hybridized carbons (Fsp3) is 0.542. The van der Waals surface area contributed by atoms with Crippen LogP contribution in [0, 0.1) is 6.92 Å². The van der Waals surface area contributed by atoms with E-state index >= 15 is 0 Å². The molecule has 0 bridgehead atoms. The predicted molar refractivity (Wildman–Crippen MR) is 116 cm³/mol. The number of hydrogen-bond acceptors (Lipinski definition) is 4. The number of fused-ring (bicyclic) bond motifs is 1. The summed E-state index contributed by atoms with van der Waals surface area (Å²) in [6.07, 6.45) is 4.47. The van der Waals surface area contributed by atoms with Crippen molar-refractivity contribution >= 4 is 11.8 Å². The van der Waals surface area contributed by atoms with Crippen LogP contribution in [0.15, 0.2) is 24.3 Å². The van der Waals surface area contributed by atoms with Crippen LogP contribution in [-0.4, -0.2) is 63.2 Å². The summed E-state index contributed by atoms with van der Waals surface area (Å²) in [6.45, 7) is 5.43. The lowest BCUT2D eigenvalue weighted by molar-refractivity contribution is -0.0990. The number of rotatable bonds is 2. The van der Waals surface area contributed by atoms with Crippen molar-refractivity contribution in [2.45, 2.75) is 51.2 Å². The molecule has 2 aromatic rings. The molecule has 1 spiro atoms. The zero-order chi connectivity index (χ0) is 21.6. The smallest absolute Gasteiger partial charge is 0.274 e. The Morgan fingerprint density at radius 3 is 2.45 bits per heavy atom. The summed E-state index contributed by atoms with van der Waals surface area (Å²) in [7, 11) is 1.93. The van der Waals surface area contributed by atoms with Crippen LogP contribution in [0.3, 0.4) is 0 Å². The maximum absolute atomic E-state index is 12.9. The van der Waals surface area contributed by atoms with Gasteiger partial charge in [0, 0.05) is 56.5 Å². The number of piperidine rings is 1. The highest BCUT2D eigenvalue weighted by Crippen LogP contribution is 2.37. The molecule has 1 aromatic heterocycles. The zero-order valence-electron chi connectivity index (χ0n) is 18.4. The molecule has 0 radical (unpaired) electrons. The lowest BCUT2D eigenvalue weighted by atomic mass is 9.83. The van der Waals surface area contributed by atoms with E-state index < -0.39 is 0 Å². The Labute approximate surface area is 183 Å². The lowest BCUT2D eigenvalue weighted by Crippen LogP contribution is -2.50. The Hall–Kier alpha value is -2.67. The summed E-state index contributed by atoms with van der Waals surface area (Å²) >= 11 is 0. The second-order valence-electron chi connectivity index (χ2n) is 9.21. The van der Waals surface area contributed by atoms with E-state index in [1.165, 1.54) is 0 Å². The maximum Gasteiger partial charge on any atom is 0.274 e. The second kappa shape index (κ2) is 7.79. The molecule has 7 heteroatoms. The number of nitrogens with zero attached hydrogens (tertiary/aromatic N) is 4. The molecule has 3 aliphatic rings. The highest BCUT2D eigenvalue weighted by molar-refractivity contribution is 5.95. The Bertz CT molecular complexity index is 1010. The molecule has 0 saturated carbocycles. The van der Waals surface area contributed by atoms with E-state index in [2.05, 4.69) is 5.10 Å². The molecule has 4 heterocycles. The molecule has 0 aliphatic carbocycles. The quantitative estimate of drug-likeness (QED) is 0.746. The molecule has 2 fully saturated rings. The summed E-state index contributed by atoms with van der Waals surface area (Å²) in [5, 5.41) is 4.59. The van der Waals surface area contributed by atoms with E-state index in [4.69, 9.17) is 4.74 Å². The number of ether oxygens (including phenoxy) is 1. The standard InChI is InChI=1S/C24H30N4O3/c1-17-6-5-7-18(14-17)22(29)28-12-8-24(9-13-28)15-20-19(16-31-24)21(25-26(20)2)23(30)27-10-3-4-11-27/h5-7,14H,3-4,8-13,15-16H2,1-2H3. The molecule has 164 valence electrons. The van der Waals surface area contributed by atoms with E-state index in [1.807, 2.05) is 52.7 Å². The number of aromatic nitrogens is 2. The SMILES string of the molecule is Cc1cccc(C(=O)N2CCC3(CC2)Cc2c(c(C(=O)N4CCCC4)nn2C)CO3)c1. The molecule has 2 saturated heterocycles. The Morgan fingerprint density at radius 2 is 1.74 bits per heavy atom. The van der Waals surface area contributed by atoms with Gasteiger partial charge in [-0.3, -0.25) is 14.3 Å². The largest absolute Gasteiger partial charge is 0.370 e. The highest BCUT2D eigenvalue weighted by atomic mass is 16.5. The third-order valence-electron chi connectivity index (χ3n) is 7.11. The van der Waals surface area contributed by atoms with E-state index in [9.17, 15) is 9.59 Å². The van der Waals surface area contributed by atoms with Crippen LogP contribution in [0.25, 0.3) is 0 Å². The molecule has 5 rings (SSSR count). The second-order valence-corrected chi connectivity index (χ2v) is 9.21. The van der Waals surface area contributed by atoms with Crippen molar-refractivity contribution < 1.29 is 14.3 Å². The minimum atomic E-state index is -0.280. The fourth-order valence-electron chi connectivity index (χ4n) is 5.20. The van der Waals surface area contributed by atoms with E-state index in [1.54, 1.807) is 0 Å². The van der Waals surface area contributed by atoms with Crippen LogP contribution in [0.2, 0.25) is 0 Å².